The molecule has 0 atom stereocenters. The molecular weight excluding hydrogens is 164 g/mol. The molecule has 13 heavy (non-hydrogen) atoms. The molecule has 0 radical (unpaired) electrons. The van der Waals surface area contributed by atoms with Crippen molar-refractivity contribution in [2.24, 2.45) is 0 Å². The first kappa shape index (κ1) is 9.46. The Kier molecular flexibility index (Phi) is 2.80. The summed E-state index contributed by atoms with van der Waals surface area (Å²) in [6, 6.07) is 2.03. The molecule has 1 heterocycles. The van der Waals surface area contributed by atoms with Gasteiger partial charge >= 0.3 is 0 Å². The number of aromatic nitrogens is 3. The van der Waals surface area contributed by atoms with Gasteiger partial charge in [-0.05, 0) is 5.92 Å². The maximum atomic E-state index is 8.76. The van der Waals surface area contributed by atoms with E-state index in [9.17, 15) is 0 Å². The van der Waals surface area contributed by atoms with E-state index in [-0.39, 0.29) is 5.92 Å². The highest BCUT2D eigenvalue weighted by molar-refractivity contribution is 5.27. The SMILES string of the molecule is C=CCn1nnc(C#N)c1C(C)C. The number of allylic oxidation sites excluding steroid dienone is 1. The van der Waals surface area contributed by atoms with Crippen LogP contribution in [0.5, 0.6) is 0 Å². The Morgan fingerprint density at radius 1 is 1.69 bits per heavy atom. The van der Waals surface area contributed by atoms with E-state index in [4.69, 9.17) is 5.26 Å². The van der Waals surface area contributed by atoms with Crippen molar-refractivity contribution in [3.8, 4) is 6.07 Å². The largest absolute Gasteiger partial charge is 0.244 e. The lowest BCUT2D eigenvalue weighted by molar-refractivity contribution is 0.607. The fourth-order valence-electron chi connectivity index (χ4n) is 1.23. The Hall–Kier alpha value is -1.63. The first-order chi connectivity index (χ1) is 6.20. The summed E-state index contributed by atoms with van der Waals surface area (Å²) in [5.41, 5.74) is 1.29. The molecule has 1 aromatic heterocycles. The highest BCUT2D eigenvalue weighted by Crippen LogP contribution is 2.16. The van der Waals surface area contributed by atoms with Crippen LogP contribution in [0.1, 0.15) is 31.2 Å². The zero-order chi connectivity index (χ0) is 9.84. The lowest BCUT2D eigenvalue weighted by Crippen LogP contribution is -2.05. The summed E-state index contributed by atoms with van der Waals surface area (Å²) in [6.07, 6.45) is 1.74. The molecule has 68 valence electrons. The van der Waals surface area contributed by atoms with E-state index in [1.807, 2.05) is 19.9 Å². The molecule has 0 aliphatic carbocycles. The van der Waals surface area contributed by atoms with E-state index >= 15 is 0 Å². The van der Waals surface area contributed by atoms with Gasteiger partial charge in [0.25, 0.3) is 0 Å². The number of rotatable bonds is 3. The van der Waals surface area contributed by atoms with Crippen molar-refractivity contribution < 1.29 is 0 Å². The Balaban J connectivity index is 3.15. The Bertz CT molecular complexity index is 343. The summed E-state index contributed by atoms with van der Waals surface area (Å²) in [4.78, 5) is 0. The summed E-state index contributed by atoms with van der Waals surface area (Å²) in [7, 11) is 0. The number of nitrogens with zero attached hydrogens (tertiary/aromatic N) is 4. The summed E-state index contributed by atoms with van der Waals surface area (Å²) < 4.78 is 1.70. The molecule has 0 unspecified atom stereocenters. The third-order valence-corrected chi connectivity index (χ3v) is 1.73. The molecule has 4 nitrogen and oxygen atoms in total. The molecule has 0 N–H and O–H groups in total. The average molecular weight is 176 g/mol. The molecular formula is C9H12N4. The van der Waals surface area contributed by atoms with Gasteiger partial charge in [0.15, 0.2) is 5.69 Å². The quantitative estimate of drug-likeness (QED) is 0.655. The van der Waals surface area contributed by atoms with Crippen molar-refractivity contribution in [3.05, 3.63) is 24.0 Å². The molecule has 0 spiro atoms. The van der Waals surface area contributed by atoms with Crippen LogP contribution < -0.4 is 0 Å². The molecule has 0 fully saturated rings. The zero-order valence-corrected chi connectivity index (χ0v) is 7.86. The number of hydrogen-bond donors (Lipinski definition) is 0. The second-order valence-electron chi connectivity index (χ2n) is 3.06. The van der Waals surface area contributed by atoms with Gasteiger partial charge in [-0.15, -0.1) is 11.7 Å². The van der Waals surface area contributed by atoms with E-state index in [0.29, 0.717) is 12.2 Å². The van der Waals surface area contributed by atoms with Crippen molar-refractivity contribution in [1.82, 2.24) is 15.0 Å². The highest BCUT2D eigenvalue weighted by Gasteiger charge is 2.14. The molecule has 4 heteroatoms. The summed E-state index contributed by atoms with van der Waals surface area (Å²) in [5.74, 6) is 0.254. The number of nitriles is 1. The van der Waals surface area contributed by atoms with Gasteiger partial charge < -0.3 is 0 Å². The van der Waals surface area contributed by atoms with Gasteiger partial charge in [-0.2, -0.15) is 5.26 Å². The van der Waals surface area contributed by atoms with Crippen LogP contribution in [0, 0.1) is 11.3 Å². The molecule has 1 aromatic rings. The molecule has 0 bridgehead atoms. The maximum Gasteiger partial charge on any atom is 0.186 e. The first-order valence-electron chi connectivity index (χ1n) is 4.15. The molecule has 0 aromatic carbocycles. The standard InChI is InChI=1S/C9H12N4/c1-4-5-13-9(7(2)3)8(6-10)11-12-13/h4,7H,1,5H2,2-3H3. The second kappa shape index (κ2) is 3.85. The van der Waals surface area contributed by atoms with Crippen molar-refractivity contribution >= 4 is 0 Å². The van der Waals surface area contributed by atoms with Crippen molar-refractivity contribution in [2.75, 3.05) is 0 Å². The van der Waals surface area contributed by atoms with Crippen molar-refractivity contribution in [3.63, 3.8) is 0 Å². The first-order valence-corrected chi connectivity index (χ1v) is 4.15. The predicted octanol–water partition coefficient (Wildman–Crippen LogP) is 1.46. The van der Waals surface area contributed by atoms with Crippen molar-refractivity contribution in [1.29, 1.82) is 5.26 Å². The predicted molar refractivity (Wildman–Crippen MR) is 49.0 cm³/mol. The Morgan fingerprint density at radius 2 is 2.38 bits per heavy atom. The summed E-state index contributed by atoms with van der Waals surface area (Å²) in [6.45, 7) is 8.25. The molecule has 1 rings (SSSR count). The fourth-order valence-corrected chi connectivity index (χ4v) is 1.23. The number of hydrogen-bond acceptors (Lipinski definition) is 3. The van der Waals surface area contributed by atoms with E-state index < -0.39 is 0 Å². The minimum absolute atomic E-state index is 0.254. The molecule has 0 aliphatic heterocycles. The van der Waals surface area contributed by atoms with Gasteiger partial charge in [0.1, 0.15) is 6.07 Å². The van der Waals surface area contributed by atoms with Gasteiger partial charge in [0.2, 0.25) is 0 Å². The smallest absolute Gasteiger partial charge is 0.186 e. The lowest BCUT2D eigenvalue weighted by atomic mass is 10.1. The van der Waals surface area contributed by atoms with E-state index in [2.05, 4.69) is 16.9 Å². The van der Waals surface area contributed by atoms with E-state index in [1.54, 1.807) is 10.8 Å². The second-order valence-corrected chi connectivity index (χ2v) is 3.06. The van der Waals surface area contributed by atoms with Crippen LogP contribution in [-0.4, -0.2) is 15.0 Å². The van der Waals surface area contributed by atoms with Gasteiger partial charge in [0, 0.05) is 0 Å². The minimum Gasteiger partial charge on any atom is -0.244 e. The fraction of sp³-hybridized carbons (Fsp3) is 0.444. The highest BCUT2D eigenvalue weighted by atomic mass is 15.4. The monoisotopic (exact) mass is 176 g/mol. The Morgan fingerprint density at radius 3 is 2.85 bits per heavy atom. The van der Waals surface area contributed by atoms with Gasteiger partial charge in [-0.3, -0.25) is 0 Å². The third-order valence-electron chi connectivity index (χ3n) is 1.73. The van der Waals surface area contributed by atoms with Gasteiger partial charge in [-0.25, -0.2) is 4.68 Å². The van der Waals surface area contributed by atoms with Crippen LogP contribution in [-0.2, 0) is 6.54 Å². The molecule has 0 saturated carbocycles. The Labute approximate surface area is 77.5 Å². The maximum absolute atomic E-state index is 8.76. The van der Waals surface area contributed by atoms with E-state index in [0.717, 1.165) is 5.69 Å². The van der Waals surface area contributed by atoms with Crippen LogP contribution in [0.15, 0.2) is 12.7 Å². The lowest BCUT2D eigenvalue weighted by Gasteiger charge is -2.06. The minimum atomic E-state index is 0.254. The molecule has 0 aliphatic rings. The summed E-state index contributed by atoms with van der Waals surface area (Å²) >= 11 is 0. The van der Waals surface area contributed by atoms with Gasteiger partial charge in [0.05, 0.1) is 12.2 Å². The third kappa shape index (κ3) is 1.75. The van der Waals surface area contributed by atoms with Crippen molar-refractivity contribution in [2.45, 2.75) is 26.3 Å². The topological polar surface area (TPSA) is 54.5 Å². The zero-order valence-electron chi connectivity index (χ0n) is 7.86. The van der Waals surface area contributed by atoms with Crippen LogP contribution >= 0.6 is 0 Å². The van der Waals surface area contributed by atoms with E-state index in [1.165, 1.54) is 0 Å². The average Bonchev–Trinajstić information content (AvgIpc) is 2.48. The normalized spacial score (nSPS) is 10.0. The summed E-state index contributed by atoms with van der Waals surface area (Å²) in [5, 5.41) is 16.4. The van der Waals surface area contributed by atoms with Crippen LogP contribution in [0.2, 0.25) is 0 Å². The van der Waals surface area contributed by atoms with Crippen LogP contribution in [0.25, 0.3) is 0 Å². The van der Waals surface area contributed by atoms with Crippen LogP contribution in [0.3, 0.4) is 0 Å². The van der Waals surface area contributed by atoms with Crippen LogP contribution in [0.4, 0.5) is 0 Å². The molecule has 0 amide bonds. The molecule has 0 saturated heterocycles. The van der Waals surface area contributed by atoms with Gasteiger partial charge in [-0.1, -0.05) is 25.1 Å².